The van der Waals surface area contributed by atoms with Crippen LogP contribution in [0.5, 0.6) is 11.5 Å². The van der Waals surface area contributed by atoms with Gasteiger partial charge in [0.05, 0.1) is 13.0 Å². The number of amides is 3. The molecule has 2 rings (SSSR count). The zero-order valence-electron chi connectivity index (χ0n) is 14.2. The lowest BCUT2D eigenvalue weighted by molar-refractivity contribution is -0.139. The molecule has 26 heavy (non-hydrogen) atoms. The van der Waals surface area contributed by atoms with Gasteiger partial charge in [0.25, 0.3) is 0 Å². The number of hydrazone groups is 1. The first-order valence-corrected chi connectivity index (χ1v) is 7.91. The van der Waals surface area contributed by atoms with Gasteiger partial charge in [0, 0.05) is 24.0 Å². The van der Waals surface area contributed by atoms with Crippen molar-refractivity contribution in [2.24, 2.45) is 5.10 Å². The van der Waals surface area contributed by atoms with Crippen molar-refractivity contribution in [3.63, 3.8) is 0 Å². The molecule has 1 heterocycles. The minimum Gasteiger partial charge on any atom is -0.486 e. The van der Waals surface area contributed by atoms with Crippen LogP contribution < -0.4 is 25.5 Å². The van der Waals surface area contributed by atoms with E-state index in [-0.39, 0.29) is 25.5 Å². The van der Waals surface area contributed by atoms with Gasteiger partial charge in [-0.2, -0.15) is 5.10 Å². The summed E-state index contributed by atoms with van der Waals surface area (Å²) in [5.74, 6) is -1.07. The lowest BCUT2D eigenvalue weighted by atomic mass is 10.2. The molecule has 0 saturated heterocycles. The number of hydrogen-bond donors (Lipinski definition) is 4. The summed E-state index contributed by atoms with van der Waals surface area (Å²) in [6.07, 6.45) is -0.0764. The second kappa shape index (κ2) is 9.37. The Morgan fingerprint density at radius 1 is 1.15 bits per heavy atom. The number of carbonyl (C=O) groups excluding carboxylic acids is 3. The molecule has 10 nitrogen and oxygen atoms in total. The molecule has 0 unspecified atom stereocenters. The number of nitrogens with zero attached hydrogens (tertiary/aromatic N) is 1. The van der Waals surface area contributed by atoms with Crippen LogP contribution in [-0.2, 0) is 14.4 Å². The molecule has 0 aliphatic carbocycles. The second-order valence-corrected chi connectivity index (χ2v) is 5.35. The SMILES string of the molecule is CC(CC(=O)Nc1ccc2c(c1)OCCO2)=NNC(=O)C(=O)NCCO. The Bertz CT molecular complexity index is 719. The van der Waals surface area contributed by atoms with E-state index in [1.807, 2.05) is 5.43 Å². The zero-order chi connectivity index (χ0) is 18.9. The molecular formula is C16H20N4O6. The minimum absolute atomic E-state index is 0.0348. The Balaban J connectivity index is 1.83. The lowest BCUT2D eigenvalue weighted by Crippen LogP contribution is -2.39. The van der Waals surface area contributed by atoms with Gasteiger partial charge in [0.2, 0.25) is 5.91 Å². The molecule has 10 heteroatoms. The number of ether oxygens (including phenoxy) is 2. The number of rotatable bonds is 6. The van der Waals surface area contributed by atoms with Crippen LogP contribution in [0.3, 0.4) is 0 Å². The Kier molecular flexibility index (Phi) is 6.92. The van der Waals surface area contributed by atoms with Crippen molar-refractivity contribution < 1.29 is 29.0 Å². The Morgan fingerprint density at radius 3 is 2.62 bits per heavy atom. The van der Waals surface area contributed by atoms with E-state index >= 15 is 0 Å². The molecule has 3 amide bonds. The van der Waals surface area contributed by atoms with Crippen molar-refractivity contribution in [3.8, 4) is 11.5 Å². The molecule has 1 aromatic rings. The maximum Gasteiger partial charge on any atom is 0.329 e. The van der Waals surface area contributed by atoms with Crippen molar-refractivity contribution in [1.82, 2.24) is 10.7 Å². The molecule has 0 saturated carbocycles. The summed E-state index contributed by atoms with van der Waals surface area (Å²) >= 11 is 0. The van der Waals surface area contributed by atoms with Crippen LogP contribution in [0, 0.1) is 0 Å². The number of aliphatic hydroxyl groups is 1. The van der Waals surface area contributed by atoms with Crippen LogP contribution in [0.2, 0.25) is 0 Å². The molecule has 0 spiro atoms. The van der Waals surface area contributed by atoms with Crippen LogP contribution in [0.1, 0.15) is 13.3 Å². The number of carbonyl (C=O) groups is 3. The highest BCUT2D eigenvalue weighted by Crippen LogP contribution is 2.32. The van der Waals surface area contributed by atoms with Gasteiger partial charge in [-0.3, -0.25) is 14.4 Å². The molecule has 1 aliphatic heterocycles. The van der Waals surface area contributed by atoms with Gasteiger partial charge in [-0.15, -0.1) is 0 Å². The first-order valence-electron chi connectivity index (χ1n) is 7.91. The average Bonchev–Trinajstić information content (AvgIpc) is 2.63. The summed E-state index contributed by atoms with van der Waals surface area (Å²) in [5, 5.41) is 17.1. The summed E-state index contributed by atoms with van der Waals surface area (Å²) in [7, 11) is 0. The zero-order valence-corrected chi connectivity index (χ0v) is 14.2. The van der Waals surface area contributed by atoms with E-state index in [1.54, 1.807) is 18.2 Å². The molecular weight excluding hydrogens is 344 g/mol. The van der Waals surface area contributed by atoms with E-state index < -0.39 is 11.8 Å². The fourth-order valence-corrected chi connectivity index (χ4v) is 2.04. The number of aliphatic hydroxyl groups excluding tert-OH is 1. The van der Waals surface area contributed by atoms with Crippen LogP contribution >= 0.6 is 0 Å². The third-order valence-corrected chi connectivity index (χ3v) is 3.19. The summed E-state index contributed by atoms with van der Waals surface area (Å²) in [4.78, 5) is 34.7. The standard InChI is InChI=1S/C16H20N4O6/c1-10(19-20-16(24)15(23)17-4-5-21)8-14(22)18-11-2-3-12-13(9-11)26-7-6-25-12/h2-3,9,21H,4-8H2,1H3,(H,17,23)(H,18,22)(H,20,24). The summed E-state index contributed by atoms with van der Waals surface area (Å²) in [6, 6.07) is 5.05. The lowest BCUT2D eigenvalue weighted by Gasteiger charge is -2.19. The van der Waals surface area contributed by atoms with E-state index in [4.69, 9.17) is 14.6 Å². The van der Waals surface area contributed by atoms with Gasteiger partial charge in [-0.25, -0.2) is 5.43 Å². The van der Waals surface area contributed by atoms with Gasteiger partial charge in [0.15, 0.2) is 11.5 Å². The van der Waals surface area contributed by atoms with Gasteiger partial charge >= 0.3 is 11.8 Å². The Labute approximate surface area is 149 Å². The molecule has 0 atom stereocenters. The van der Waals surface area contributed by atoms with E-state index in [1.165, 1.54) is 6.92 Å². The molecule has 0 fully saturated rings. The smallest absolute Gasteiger partial charge is 0.329 e. The largest absolute Gasteiger partial charge is 0.486 e. The van der Waals surface area contributed by atoms with Crippen molar-refractivity contribution in [3.05, 3.63) is 18.2 Å². The third kappa shape index (κ3) is 5.74. The molecule has 1 aliphatic rings. The predicted molar refractivity (Wildman–Crippen MR) is 92.0 cm³/mol. The van der Waals surface area contributed by atoms with Crippen molar-refractivity contribution in [1.29, 1.82) is 0 Å². The number of fused-ring (bicyclic) bond motifs is 1. The van der Waals surface area contributed by atoms with E-state index in [2.05, 4.69) is 15.7 Å². The van der Waals surface area contributed by atoms with E-state index in [9.17, 15) is 14.4 Å². The maximum absolute atomic E-state index is 12.0. The van der Waals surface area contributed by atoms with Gasteiger partial charge in [0.1, 0.15) is 13.2 Å². The topological polar surface area (TPSA) is 138 Å². The van der Waals surface area contributed by atoms with Crippen LogP contribution in [0.15, 0.2) is 23.3 Å². The second-order valence-electron chi connectivity index (χ2n) is 5.35. The maximum atomic E-state index is 12.0. The third-order valence-electron chi connectivity index (χ3n) is 3.19. The predicted octanol–water partition coefficient (Wildman–Crippen LogP) is -0.613. The monoisotopic (exact) mass is 364 g/mol. The molecule has 0 aromatic heterocycles. The molecule has 140 valence electrons. The van der Waals surface area contributed by atoms with Gasteiger partial charge in [-0.05, 0) is 19.1 Å². The fourth-order valence-electron chi connectivity index (χ4n) is 2.04. The van der Waals surface area contributed by atoms with Gasteiger partial charge < -0.3 is 25.2 Å². The first kappa shape index (κ1) is 19.2. The van der Waals surface area contributed by atoms with E-state index in [0.717, 1.165) is 0 Å². The fraction of sp³-hybridized carbons (Fsp3) is 0.375. The van der Waals surface area contributed by atoms with Crippen LogP contribution in [-0.4, -0.2) is 54.9 Å². The molecule has 0 radical (unpaired) electrons. The molecule has 1 aromatic carbocycles. The quantitative estimate of drug-likeness (QED) is 0.302. The number of hydrogen-bond acceptors (Lipinski definition) is 7. The highest BCUT2D eigenvalue weighted by molar-refractivity contribution is 6.35. The molecule has 0 bridgehead atoms. The Morgan fingerprint density at radius 2 is 1.88 bits per heavy atom. The average molecular weight is 364 g/mol. The highest BCUT2D eigenvalue weighted by atomic mass is 16.6. The first-order chi connectivity index (χ1) is 12.5. The van der Waals surface area contributed by atoms with Crippen molar-refractivity contribution in [2.75, 3.05) is 31.7 Å². The normalized spacial score (nSPS) is 12.9. The van der Waals surface area contributed by atoms with Crippen LogP contribution in [0.25, 0.3) is 0 Å². The number of anilines is 1. The van der Waals surface area contributed by atoms with Crippen molar-refractivity contribution in [2.45, 2.75) is 13.3 Å². The van der Waals surface area contributed by atoms with Crippen molar-refractivity contribution >= 4 is 29.1 Å². The number of benzene rings is 1. The summed E-state index contributed by atoms with van der Waals surface area (Å²) in [6.45, 7) is 2.16. The summed E-state index contributed by atoms with van der Waals surface area (Å²) < 4.78 is 10.8. The van der Waals surface area contributed by atoms with Crippen LogP contribution in [0.4, 0.5) is 5.69 Å². The van der Waals surface area contributed by atoms with Gasteiger partial charge in [-0.1, -0.05) is 0 Å². The Hall–Kier alpha value is -3.14. The summed E-state index contributed by atoms with van der Waals surface area (Å²) in [5.41, 5.74) is 2.89. The highest BCUT2D eigenvalue weighted by Gasteiger charge is 2.14. The minimum atomic E-state index is -0.981. The molecule has 4 N–H and O–H groups in total. The number of nitrogens with one attached hydrogen (secondary N) is 3. The van der Waals surface area contributed by atoms with E-state index in [0.29, 0.717) is 36.1 Å².